The zero-order valence-corrected chi connectivity index (χ0v) is 4.54. The van der Waals surface area contributed by atoms with Crippen molar-refractivity contribution in [3.05, 3.63) is 0 Å². The minimum absolute atomic E-state index is 0.435. The Bertz CT molecular complexity index is 132. The summed E-state index contributed by atoms with van der Waals surface area (Å²) in [5, 5.41) is 0. The largest absolute Gasteiger partial charge is 0.402 e. The van der Waals surface area contributed by atoms with Gasteiger partial charge < -0.3 is 9.30 Å². The van der Waals surface area contributed by atoms with Crippen molar-refractivity contribution in [1.29, 1.82) is 0 Å². The predicted molar refractivity (Wildman–Crippen MR) is 34.1 cm³/mol. The first-order valence-corrected chi connectivity index (χ1v) is 2.38. The Hall–Kier alpha value is -0.335. The van der Waals surface area contributed by atoms with Crippen molar-refractivity contribution >= 4 is 29.5 Å². The molecule has 0 spiro atoms. The van der Waals surface area contributed by atoms with Crippen LogP contribution in [0.3, 0.4) is 0 Å². The zero-order valence-electron chi connectivity index (χ0n) is 4.54. The van der Waals surface area contributed by atoms with Gasteiger partial charge in [-0.1, -0.05) is 0 Å². The van der Waals surface area contributed by atoms with Crippen LogP contribution in [0.25, 0.3) is 0 Å². The van der Waals surface area contributed by atoms with Crippen LogP contribution in [0.15, 0.2) is 0 Å². The van der Waals surface area contributed by atoms with Gasteiger partial charge in [-0.2, -0.15) is 0 Å². The third kappa shape index (κ3) is 0.769. The summed E-state index contributed by atoms with van der Waals surface area (Å²) in [5.74, 6) is 0. The maximum absolute atomic E-state index is 5.34. The quantitative estimate of drug-likeness (QED) is 0.320. The molecule has 0 amide bonds. The fraction of sp³-hybridized carbons (Fsp3) is 0.667. The van der Waals surface area contributed by atoms with E-state index in [0.29, 0.717) is 18.8 Å². The third-order valence-corrected chi connectivity index (χ3v) is 1.17. The first-order valence-electron chi connectivity index (χ1n) is 2.38. The van der Waals surface area contributed by atoms with Crippen molar-refractivity contribution in [2.24, 2.45) is 0 Å². The monoisotopic (exact) mass is 101 g/mol. The van der Waals surface area contributed by atoms with Gasteiger partial charge in [-0.05, 0) is 0 Å². The lowest BCUT2D eigenvalue weighted by Gasteiger charge is -2.01. The lowest BCUT2D eigenvalue weighted by molar-refractivity contribution is -0.358. The average molecular weight is 101 g/mol. The van der Waals surface area contributed by atoms with Crippen LogP contribution in [0.4, 0.5) is 0 Å². The summed E-state index contributed by atoms with van der Waals surface area (Å²) in [6.07, 6.45) is 0. The standard InChI is InChI=1S/C3H4B3N2/c4-3-7(5)1-2-8(3)6/h1-2H2/q+1. The Labute approximate surface area is 52.8 Å². The minimum atomic E-state index is 0.435. The second-order valence-corrected chi connectivity index (χ2v) is 1.74. The van der Waals surface area contributed by atoms with Crippen LogP contribution < -0.4 is 0 Å². The number of hydrogen-bond acceptors (Lipinski definition) is 1. The maximum atomic E-state index is 5.34. The van der Waals surface area contributed by atoms with E-state index in [9.17, 15) is 0 Å². The Morgan fingerprint density at radius 1 is 1.62 bits per heavy atom. The van der Waals surface area contributed by atoms with Crippen molar-refractivity contribution in [2.45, 2.75) is 0 Å². The molecule has 5 heteroatoms. The molecule has 0 aromatic heterocycles. The summed E-state index contributed by atoms with van der Waals surface area (Å²) < 4.78 is 1.42. The molecule has 0 N–H and O–H groups in total. The van der Waals surface area contributed by atoms with Gasteiger partial charge in [-0.25, -0.2) is 0 Å². The Morgan fingerprint density at radius 3 is 2.38 bits per heavy atom. The molecular weight excluding hydrogens is 96.5 g/mol. The van der Waals surface area contributed by atoms with Gasteiger partial charge in [0.15, 0.2) is 0 Å². The molecule has 1 aliphatic rings. The van der Waals surface area contributed by atoms with Crippen LogP contribution in [-0.4, -0.2) is 51.9 Å². The highest BCUT2D eigenvalue weighted by Crippen LogP contribution is 1.89. The van der Waals surface area contributed by atoms with Gasteiger partial charge in [0.05, 0.1) is 0 Å². The number of amidine groups is 1. The number of nitrogens with zero attached hydrogens (tertiary/aromatic N) is 2. The molecule has 8 heavy (non-hydrogen) atoms. The average Bonchev–Trinajstić information content (AvgIpc) is 1.98. The van der Waals surface area contributed by atoms with Crippen LogP contribution in [0.5, 0.6) is 0 Å². The summed E-state index contributed by atoms with van der Waals surface area (Å²) in [6.45, 7) is 1.42. The third-order valence-electron chi connectivity index (χ3n) is 1.17. The van der Waals surface area contributed by atoms with Crippen molar-refractivity contribution in [1.82, 2.24) is 4.81 Å². The second-order valence-electron chi connectivity index (χ2n) is 1.74. The van der Waals surface area contributed by atoms with E-state index in [0.717, 1.165) is 0 Å². The molecule has 0 unspecified atom stereocenters. The molecule has 34 valence electrons. The molecule has 1 rings (SSSR count). The molecule has 1 heterocycles. The van der Waals surface area contributed by atoms with Gasteiger partial charge in [0.25, 0.3) is 0 Å². The van der Waals surface area contributed by atoms with Gasteiger partial charge in [-0.3, -0.25) is 0 Å². The predicted octanol–water partition coefficient (Wildman–Crippen LogP) is -1.99. The van der Waals surface area contributed by atoms with Crippen molar-refractivity contribution in [2.75, 3.05) is 13.1 Å². The first-order chi connectivity index (χ1) is 3.72. The summed E-state index contributed by atoms with van der Waals surface area (Å²) in [6, 6.07) is 0. The molecule has 6 radical (unpaired) electrons. The van der Waals surface area contributed by atoms with E-state index in [-0.39, 0.29) is 0 Å². The topological polar surface area (TPSA) is 6.25 Å². The van der Waals surface area contributed by atoms with Crippen LogP contribution in [0.1, 0.15) is 0 Å². The van der Waals surface area contributed by atoms with E-state index >= 15 is 0 Å². The summed E-state index contributed by atoms with van der Waals surface area (Å²) in [5.41, 5.74) is 0.435. The number of rotatable bonds is 0. The van der Waals surface area contributed by atoms with Crippen molar-refractivity contribution in [3.8, 4) is 0 Å². The molecule has 0 saturated heterocycles. The van der Waals surface area contributed by atoms with Gasteiger partial charge in [0, 0.05) is 0 Å². The van der Waals surface area contributed by atoms with Crippen LogP contribution >= 0.6 is 0 Å². The Kier molecular flexibility index (Phi) is 1.36. The minimum Gasteiger partial charge on any atom is -0.343 e. The zero-order chi connectivity index (χ0) is 6.15. The van der Waals surface area contributed by atoms with Gasteiger partial charge >= 0.3 is 16.0 Å². The van der Waals surface area contributed by atoms with Gasteiger partial charge in [-0.15, -0.1) is 0 Å². The van der Waals surface area contributed by atoms with E-state index in [4.69, 9.17) is 23.8 Å². The van der Waals surface area contributed by atoms with Gasteiger partial charge in [0.1, 0.15) is 18.8 Å². The normalized spacial score (nSPS) is 20.2. The van der Waals surface area contributed by atoms with E-state index in [1.54, 1.807) is 0 Å². The van der Waals surface area contributed by atoms with E-state index < -0.39 is 0 Å². The molecule has 1 aliphatic heterocycles. The van der Waals surface area contributed by atoms with Crippen molar-refractivity contribution in [3.63, 3.8) is 0 Å². The molecular formula is C3H4B3N2+. The summed E-state index contributed by atoms with van der Waals surface area (Å²) in [7, 11) is 16.0. The number of hydrogen-bond donors (Lipinski definition) is 0. The Balaban J connectivity index is 2.71. The maximum Gasteiger partial charge on any atom is 0.402 e. The molecule has 0 bridgehead atoms. The van der Waals surface area contributed by atoms with Crippen LogP contribution in [0.2, 0.25) is 0 Å². The van der Waals surface area contributed by atoms with Gasteiger partial charge in [0.2, 0.25) is 7.85 Å². The molecule has 0 aromatic rings. The highest BCUT2D eigenvalue weighted by atomic mass is 15.2. The highest BCUT2D eigenvalue weighted by molar-refractivity contribution is 6.60. The van der Waals surface area contributed by atoms with E-state index in [2.05, 4.69) is 0 Å². The fourth-order valence-electron chi connectivity index (χ4n) is 0.610. The molecule has 0 saturated carbocycles. The Morgan fingerprint density at radius 2 is 2.25 bits per heavy atom. The lowest BCUT2D eigenvalue weighted by atomic mass is 10.0. The molecule has 2 nitrogen and oxygen atoms in total. The summed E-state index contributed by atoms with van der Waals surface area (Å²) in [4.78, 5) is 1.42. The van der Waals surface area contributed by atoms with E-state index in [1.165, 1.54) is 9.30 Å². The van der Waals surface area contributed by atoms with E-state index in [1.807, 2.05) is 0 Å². The first kappa shape index (κ1) is 5.80. The van der Waals surface area contributed by atoms with Crippen molar-refractivity contribution < 1.29 is 4.49 Å². The second kappa shape index (κ2) is 1.88. The molecule has 0 aromatic carbocycles. The smallest absolute Gasteiger partial charge is 0.343 e. The SMILES string of the molecule is [B]C1=[N+]([B])CCN1[B]. The fourth-order valence-corrected chi connectivity index (χ4v) is 0.610. The van der Waals surface area contributed by atoms with Crippen LogP contribution in [0, 0.1) is 0 Å². The summed E-state index contributed by atoms with van der Waals surface area (Å²) >= 11 is 0. The highest BCUT2D eigenvalue weighted by Gasteiger charge is 2.16. The molecule has 0 aliphatic carbocycles. The molecule has 0 atom stereocenters. The van der Waals surface area contributed by atoms with Crippen LogP contribution in [-0.2, 0) is 0 Å². The molecule has 0 fully saturated rings. The lowest BCUT2D eigenvalue weighted by Crippen LogP contribution is -2.26.